The summed E-state index contributed by atoms with van der Waals surface area (Å²) in [6.07, 6.45) is 4.08. The van der Waals surface area contributed by atoms with Crippen molar-refractivity contribution in [3.05, 3.63) is 29.6 Å². The Morgan fingerprint density at radius 1 is 1.27 bits per heavy atom. The lowest BCUT2D eigenvalue weighted by molar-refractivity contribution is 0.352. The Hall–Kier alpha value is -1.35. The van der Waals surface area contributed by atoms with Gasteiger partial charge in [-0.2, -0.15) is 0 Å². The summed E-state index contributed by atoms with van der Waals surface area (Å²) in [6.45, 7) is 2.30. The van der Waals surface area contributed by atoms with Crippen LogP contribution < -0.4 is 0 Å². The van der Waals surface area contributed by atoms with Crippen molar-refractivity contribution in [3.8, 4) is 0 Å². The number of rotatable bonds is 0. The molecule has 0 saturated carbocycles. The van der Waals surface area contributed by atoms with Crippen LogP contribution in [-0.2, 0) is 12.8 Å². The van der Waals surface area contributed by atoms with E-state index in [2.05, 4.69) is 34.0 Å². The van der Waals surface area contributed by atoms with Crippen LogP contribution in [0.2, 0.25) is 0 Å². The van der Waals surface area contributed by atoms with Crippen LogP contribution in [0.3, 0.4) is 0 Å². The highest BCUT2D eigenvalue weighted by molar-refractivity contribution is 5.79. The van der Waals surface area contributed by atoms with Gasteiger partial charge in [0.2, 0.25) is 0 Å². The molecule has 1 aromatic heterocycles. The topological polar surface area (TPSA) is 31.9 Å². The Kier molecular flexibility index (Phi) is 1.99. The maximum absolute atomic E-state index is 4.31. The molecular weight excluding hydrogens is 186 g/mol. The number of nitrogens with zero attached hydrogens (tertiary/aromatic N) is 2. The summed E-state index contributed by atoms with van der Waals surface area (Å²) in [4.78, 5) is 9.96. The first-order valence-corrected chi connectivity index (χ1v) is 5.47. The van der Waals surface area contributed by atoms with E-state index in [1.807, 2.05) is 0 Å². The van der Waals surface area contributed by atoms with Gasteiger partial charge in [-0.3, -0.25) is 0 Å². The smallest absolute Gasteiger partial charge is 0.0931 e. The zero-order valence-corrected chi connectivity index (χ0v) is 8.95. The van der Waals surface area contributed by atoms with Crippen LogP contribution in [0.5, 0.6) is 0 Å². The second-order valence-electron chi connectivity index (χ2n) is 4.30. The van der Waals surface area contributed by atoms with E-state index in [4.69, 9.17) is 0 Å². The Morgan fingerprint density at radius 3 is 3.07 bits per heavy atom. The molecule has 3 heteroatoms. The molecule has 2 heterocycles. The molecule has 0 saturated heterocycles. The highest BCUT2D eigenvalue weighted by Crippen LogP contribution is 2.22. The fourth-order valence-corrected chi connectivity index (χ4v) is 2.36. The Labute approximate surface area is 89.1 Å². The van der Waals surface area contributed by atoms with Crippen LogP contribution in [0.15, 0.2) is 18.5 Å². The Bertz CT molecular complexity index is 487. The monoisotopic (exact) mass is 201 g/mol. The van der Waals surface area contributed by atoms with Gasteiger partial charge in [0.1, 0.15) is 0 Å². The van der Waals surface area contributed by atoms with E-state index in [1.54, 1.807) is 6.33 Å². The van der Waals surface area contributed by atoms with E-state index < -0.39 is 0 Å². The maximum atomic E-state index is 4.31. The van der Waals surface area contributed by atoms with Crippen LogP contribution in [-0.4, -0.2) is 35.0 Å². The van der Waals surface area contributed by atoms with Crippen molar-refractivity contribution in [1.82, 2.24) is 14.9 Å². The number of benzene rings is 1. The molecule has 1 aromatic carbocycles. The number of H-pyrrole nitrogens is 1. The first kappa shape index (κ1) is 8.92. The van der Waals surface area contributed by atoms with Crippen LogP contribution in [0.1, 0.15) is 11.1 Å². The van der Waals surface area contributed by atoms with Gasteiger partial charge in [-0.15, -0.1) is 0 Å². The van der Waals surface area contributed by atoms with Crippen LogP contribution in [0.4, 0.5) is 0 Å². The predicted octanol–water partition coefficient (Wildman–Crippen LogP) is 1.59. The van der Waals surface area contributed by atoms with Crippen molar-refractivity contribution >= 4 is 11.0 Å². The standard InChI is InChI=1S/C12H15N3/c1-15-6-4-9-2-3-11-12(14-8-13-11)10(9)5-7-15/h2-3,8H,4-7H2,1H3,(H,13,14). The van der Waals surface area contributed by atoms with E-state index in [9.17, 15) is 0 Å². The van der Waals surface area contributed by atoms with Gasteiger partial charge in [0.05, 0.1) is 17.4 Å². The molecule has 1 N–H and O–H groups in total. The van der Waals surface area contributed by atoms with E-state index in [0.29, 0.717) is 0 Å². The molecule has 15 heavy (non-hydrogen) atoms. The number of imidazole rings is 1. The van der Waals surface area contributed by atoms with Gasteiger partial charge in [0.25, 0.3) is 0 Å². The molecule has 1 aliphatic heterocycles. The number of fused-ring (bicyclic) bond motifs is 3. The number of likely N-dealkylation sites (N-methyl/N-ethyl adjacent to an activating group) is 1. The summed E-state index contributed by atoms with van der Waals surface area (Å²) >= 11 is 0. The molecule has 2 aromatic rings. The third-order valence-electron chi connectivity index (χ3n) is 3.31. The highest BCUT2D eigenvalue weighted by Gasteiger charge is 2.14. The van der Waals surface area contributed by atoms with Crippen molar-refractivity contribution in [2.45, 2.75) is 12.8 Å². The normalized spacial score (nSPS) is 17.7. The largest absolute Gasteiger partial charge is 0.344 e. The molecular formula is C12H15N3. The lowest BCUT2D eigenvalue weighted by Gasteiger charge is -2.10. The molecule has 1 aliphatic rings. The van der Waals surface area contributed by atoms with Gasteiger partial charge in [0, 0.05) is 13.1 Å². The fourth-order valence-electron chi connectivity index (χ4n) is 2.36. The minimum Gasteiger partial charge on any atom is -0.344 e. The molecule has 3 rings (SSSR count). The molecule has 0 unspecified atom stereocenters. The number of aromatic nitrogens is 2. The summed E-state index contributed by atoms with van der Waals surface area (Å²) in [7, 11) is 2.19. The van der Waals surface area contributed by atoms with Gasteiger partial charge in [0.15, 0.2) is 0 Å². The lowest BCUT2D eigenvalue weighted by Crippen LogP contribution is -2.20. The molecule has 3 nitrogen and oxygen atoms in total. The molecule has 0 fully saturated rings. The summed E-state index contributed by atoms with van der Waals surface area (Å²) in [6, 6.07) is 4.35. The van der Waals surface area contributed by atoms with Gasteiger partial charge >= 0.3 is 0 Å². The van der Waals surface area contributed by atoms with E-state index >= 15 is 0 Å². The molecule has 78 valence electrons. The molecule has 0 atom stereocenters. The number of hydrogen-bond acceptors (Lipinski definition) is 2. The zero-order chi connectivity index (χ0) is 10.3. The van der Waals surface area contributed by atoms with Gasteiger partial charge in [-0.1, -0.05) is 6.07 Å². The van der Waals surface area contributed by atoms with Crippen molar-refractivity contribution in [1.29, 1.82) is 0 Å². The second kappa shape index (κ2) is 3.35. The predicted molar refractivity (Wildman–Crippen MR) is 61.0 cm³/mol. The molecule has 0 bridgehead atoms. The average molecular weight is 201 g/mol. The van der Waals surface area contributed by atoms with Crippen molar-refractivity contribution in [3.63, 3.8) is 0 Å². The first-order chi connectivity index (χ1) is 7.34. The highest BCUT2D eigenvalue weighted by atomic mass is 15.1. The van der Waals surface area contributed by atoms with Crippen LogP contribution >= 0.6 is 0 Å². The number of hydrogen-bond donors (Lipinski definition) is 1. The summed E-state index contributed by atoms with van der Waals surface area (Å²) < 4.78 is 0. The van der Waals surface area contributed by atoms with E-state index in [1.165, 1.54) is 16.6 Å². The van der Waals surface area contributed by atoms with Gasteiger partial charge in [-0.25, -0.2) is 4.98 Å². The Morgan fingerprint density at radius 2 is 2.13 bits per heavy atom. The summed E-state index contributed by atoms with van der Waals surface area (Å²) in [5.41, 5.74) is 5.28. The maximum Gasteiger partial charge on any atom is 0.0931 e. The summed E-state index contributed by atoms with van der Waals surface area (Å²) in [5.74, 6) is 0. The molecule has 0 amide bonds. The zero-order valence-electron chi connectivity index (χ0n) is 8.95. The van der Waals surface area contributed by atoms with Crippen molar-refractivity contribution in [2.24, 2.45) is 0 Å². The quantitative estimate of drug-likeness (QED) is 0.702. The number of aromatic amines is 1. The average Bonchev–Trinajstić information content (AvgIpc) is 2.64. The van der Waals surface area contributed by atoms with Crippen molar-refractivity contribution in [2.75, 3.05) is 20.1 Å². The van der Waals surface area contributed by atoms with Gasteiger partial charge < -0.3 is 9.88 Å². The molecule has 0 spiro atoms. The third-order valence-corrected chi connectivity index (χ3v) is 3.31. The molecule has 0 radical (unpaired) electrons. The SMILES string of the molecule is CN1CCc2ccc3nc[nH]c3c2CC1. The lowest BCUT2D eigenvalue weighted by atomic mass is 10.0. The minimum absolute atomic E-state index is 1.10. The second-order valence-corrected chi connectivity index (χ2v) is 4.30. The van der Waals surface area contributed by atoms with Crippen molar-refractivity contribution < 1.29 is 0 Å². The van der Waals surface area contributed by atoms with Gasteiger partial charge in [-0.05, 0) is 37.1 Å². The first-order valence-electron chi connectivity index (χ1n) is 5.47. The van der Waals surface area contributed by atoms with Crippen LogP contribution in [0.25, 0.3) is 11.0 Å². The van der Waals surface area contributed by atoms with E-state index in [-0.39, 0.29) is 0 Å². The van der Waals surface area contributed by atoms with E-state index in [0.717, 1.165) is 31.4 Å². The summed E-state index contributed by atoms with van der Waals surface area (Å²) in [5, 5.41) is 0. The van der Waals surface area contributed by atoms with Crippen LogP contribution in [0, 0.1) is 0 Å². The minimum atomic E-state index is 1.10. The molecule has 0 aliphatic carbocycles. The number of nitrogens with one attached hydrogen (secondary N) is 1. The fraction of sp³-hybridized carbons (Fsp3) is 0.417. The third kappa shape index (κ3) is 1.43. The Balaban J connectivity index is 2.17.